The number of terminal acetylenes is 1. The molecule has 2 aromatic rings. The molecule has 0 aliphatic rings. The monoisotopic (exact) mass is 414 g/mol. The van der Waals surface area contributed by atoms with E-state index < -0.39 is 29.8 Å². The van der Waals surface area contributed by atoms with Crippen molar-refractivity contribution >= 4 is 40.8 Å². The molecule has 0 aliphatic carbocycles. The average Bonchev–Trinajstić information content (AvgIpc) is 3.24. The third-order valence-corrected chi connectivity index (χ3v) is 4.69. The Morgan fingerprint density at radius 2 is 1.93 bits per heavy atom. The number of hydrogen-bond donors (Lipinski definition) is 2. The predicted molar refractivity (Wildman–Crippen MR) is 106 cm³/mol. The number of aromatic carboxylic acids is 1. The van der Waals surface area contributed by atoms with E-state index in [1.807, 2.05) is 5.92 Å². The van der Waals surface area contributed by atoms with Gasteiger partial charge in [-0.15, -0.1) is 17.8 Å². The number of esters is 1. The van der Waals surface area contributed by atoms with E-state index in [2.05, 4.69) is 5.32 Å². The Hall–Kier alpha value is -3.64. The average molecular weight is 414 g/mol. The van der Waals surface area contributed by atoms with Gasteiger partial charge in [-0.25, -0.2) is 4.79 Å². The zero-order valence-corrected chi connectivity index (χ0v) is 16.3. The number of amides is 2. The standard InChI is InChI=1S/C20H18N2O6S/c1-3-16(23)22(14-9-7-13(8-10-14)20(26)27)18(15-6-5-11-29-15)19(25)21-12-17(24)28-4-2/h1,5-11,18H,4,12H2,2H3,(H,21,25)(H,26,27). The van der Waals surface area contributed by atoms with Crippen LogP contribution in [0.5, 0.6) is 0 Å². The number of thiophene rings is 1. The zero-order chi connectivity index (χ0) is 21.4. The maximum atomic E-state index is 12.9. The van der Waals surface area contributed by atoms with Crippen LogP contribution < -0.4 is 10.2 Å². The Balaban J connectivity index is 2.42. The van der Waals surface area contributed by atoms with Gasteiger partial charge in [0.05, 0.1) is 12.2 Å². The van der Waals surface area contributed by atoms with Crippen molar-refractivity contribution in [2.45, 2.75) is 13.0 Å². The number of carbonyl (C=O) groups excluding carboxylic acids is 3. The second-order valence-electron chi connectivity index (χ2n) is 5.61. The van der Waals surface area contributed by atoms with Crippen LogP contribution in [0.15, 0.2) is 41.8 Å². The van der Waals surface area contributed by atoms with E-state index in [0.29, 0.717) is 4.88 Å². The fourth-order valence-corrected chi connectivity index (χ4v) is 3.32. The summed E-state index contributed by atoms with van der Waals surface area (Å²) in [5, 5.41) is 13.2. The number of nitrogens with one attached hydrogen (secondary N) is 1. The molecule has 0 saturated heterocycles. The summed E-state index contributed by atoms with van der Waals surface area (Å²) in [7, 11) is 0. The number of carboxylic acid groups (broad SMARTS) is 1. The highest BCUT2D eigenvalue weighted by Crippen LogP contribution is 2.31. The summed E-state index contributed by atoms with van der Waals surface area (Å²) >= 11 is 1.23. The third-order valence-electron chi connectivity index (χ3n) is 3.77. The number of carboxylic acids is 1. The number of ether oxygens (including phenoxy) is 1. The predicted octanol–water partition coefficient (Wildman–Crippen LogP) is 1.83. The molecule has 2 amide bonds. The van der Waals surface area contributed by atoms with Crippen LogP contribution in [0, 0.1) is 12.3 Å². The molecule has 1 aromatic heterocycles. The summed E-state index contributed by atoms with van der Waals surface area (Å²) in [5.74, 6) is -1.19. The van der Waals surface area contributed by atoms with Gasteiger partial charge < -0.3 is 15.2 Å². The molecular formula is C20H18N2O6S. The minimum atomic E-state index is -1.15. The van der Waals surface area contributed by atoms with Crippen LogP contribution in [0.1, 0.15) is 28.2 Å². The second-order valence-corrected chi connectivity index (χ2v) is 6.59. The fraction of sp³-hybridized carbons (Fsp3) is 0.200. The number of rotatable bonds is 8. The molecule has 1 atom stereocenters. The van der Waals surface area contributed by atoms with Crippen molar-refractivity contribution < 1.29 is 29.0 Å². The van der Waals surface area contributed by atoms with Crippen molar-refractivity contribution in [2.75, 3.05) is 18.1 Å². The summed E-state index contributed by atoms with van der Waals surface area (Å²) in [6.07, 6.45) is 5.30. The number of anilines is 1. The van der Waals surface area contributed by atoms with Gasteiger partial charge in [0.1, 0.15) is 6.54 Å². The molecule has 0 radical (unpaired) electrons. The van der Waals surface area contributed by atoms with Crippen LogP contribution in [0.2, 0.25) is 0 Å². The number of carbonyl (C=O) groups is 4. The van der Waals surface area contributed by atoms with Crippen LogP contribution in [0.25, 0.3) is 0 Å². The van der Waals surface area contributed by atoms with E-state index in [0.717, 1.165) is 4.90 Å². The number of benzene rings is 1. The van der Waals surface area contributed by atoms with Gasteiger partial charge in [-0.1, -0.05) is 6.07 Å². The fourth-order valence-electron chi connectivity index (χ4n) is 2.51. The van der Waals surface area contributed by atoms with Crippen molar-refractivity contribution in [1.82, 2.24) is 5.32 Å². The third kappa shape index (κ3) is 5.43. The lowest BCUT2D eigenvalue weighted by Gasteiger charge is -2.28. The maximum Gasteiger partial charge on any atom is 0.335 e. The van der Waals surface area contributed by atoms with Gasteiger partial charge in [-0.05, 0) is 48.6 Å². The Morgan fingerprint density at radius 3 is 2.45 bits per heavy atom. The molecule has 0 aliphatic heterocycles. The molecule has 0 bridgehead atoms. The molecule has 8 nitrogen and oxygen atoms in total. The smallest absolute Gasteiger partial charge is 0.335 e. The topological polar surface area (TPSA) is 113 Å². The molecular weight excluding hydrogens is 396 g/mol. The van der Waals surface area contributed by atoms with Crippen LogP contribution in [0.3, 0.4) is 0 Å². The van der Waals surface area contributed by atoms with Gasteiger partial charge >= 0.3 is 17.8 Å². The van der Waals surface area contributed by atoms with Crippen molar-refractivity contribution in [3.05, 3.63) is 52.2 Å². The molecule has 2 rings (SSSR count). The molecule has 150 valence electrons. The van der Waals surface area contributed by atoms with Crippen LogP contribution in [0.4, 0.5) is 5.69 Å². The Morgan fingerprint density at radius 1 is 1.24 bits per heavy atom. The van der Waals surface area contributed by atoms with Crippen LogP contribution in [-0.2, 0) is 19.1 Å². The van der Waals surface area contributed by atoms with E-state index in [-0.39, 0.29) is 24.4 Å². The Bertz CT molecular complexity index is 931. The van der Waals surface area contributed by atoms with E-state index in [1.54, 1.807) is 24.4 Å². The molecule has 0 fully saturated rings. The second kappa shape index (κ2) is 10.1. The van der Waals surface area contributed by atoms with Gasteiger partial charge in [-0.2, -0.15) is 0 Å². The van der Waals surface area contributed by atoms with E-state index in [4.69, 9.17) is 16.3 Å². The lowest BCUT2D eigenvalue weighted by molar-refractivity contribution is -0.143. The normalized spacial score (nSPS) is 11.0. The summed E-state index contributed by atoms with van der Waals surface area (Å²) in [4.78, 5) is 49.7. The van der Waals surface area contributed by atoms with Crippen LogP contribution >= 0.6 is 11.3 Å². The Labute approximate surface area is 171 Å². The first-order valence-corrected chi connectivity index (χ1v) is 9.36. The van der Waals surface area contributed by atoms with Gasteiger partial charge in [0.15, 0.2) is 6.04 Å². The lowest BCUT2D eigenvalue weighted by atomic mass is 10.1. The summed E-state index contributed by atoms with van der Waals surface area (Å²) in [5.41, 5.74) is 0.254. The first-order chi connectivity index (χ1) is 13.9. The summed E-state index contributed by atoms with van der Waals surface area (Å²) < 4.78 is 4.79. The van der Waals surface area contributed by atoms with E-state index in [9.17, 15) is 19.2 Å². The molecule has 1 aromatic carbocycles. The molecule has 9 heteroatoms. The largest absolute Gasteiger partial charge is 0.478 e. The molecule has 1 unspecified atom stereocenters. The van der Waals surface area contributed by atoms with Gasteiger partial charge in [0.25, 0.3) is 0 Å². The molecule has 2 N–H and O–H groups in total. The maximum absolute atomic E-state index is 12.9. The SMILES string of the molecule is C#CC(=O)N(c1ccc(C(=O)O)cc1)C(C(=O)NCC(=O)OCC)c1cccs1. The summed E-state index contributed by atoms with van der Waals surface area (Å²) in [6.45, 7) is 1.44. The number of nitrogens with zero attached hydrogens (tertiary/aromatic N) is 1. The highest BCUT2D eigenvalue weighted by atomic mass is 32.1. The Kier molecular flexibility index (Phi) is 7.51. The van der Waals surface area contributed by atoms with Crippen molar-refractivity contribution in [3.63, 3.8) is 0 Å². The van der Waals surface area contributed by atoms with Crippen molar-refractivity contribution in [2.24, 2.45) is 0 Å². The molecule has 0 saturated carbocycles. The zero-order valence-electron chi connectivity index (χ0n) is 15.5. The van der Waals surface area contributed by atoms with E-state index in [1.165, 1.54) is 35.6 Å². The molecule has 0 spiro atoms. The van der Waals surface area contributed by atoms with Crippen LogP contribution in [-0.4, -0.2) is 42.0 Å². The van der Waals surface area contributed by atoms with Gasteiger partial charge in [0.2, 0.25) is 5.91 Å². The highest BCUT2D eigenvalue weighted by Gasteiger charge is 2.33. The van der Waals surface area contributed by atoms with Crippen molar-refractivity contribution in [1.29, 1.82) is 0 Å². The number of hydrogen-bond acceptors (Lipinski definition) is 6. The first kappa shape index (κ1) is 21.7. The van der Waals surface area contributed by atoms with Gasteiger partial charge in [0, 0.05) is 10.6 Å². The van der Waals surface area contributed by atoms with E-state index >= 15 is 0 Å². The lowest BCUT2D eigenvalue weighted by Crippen LogP contribution is -2.44. The molecule has 1 heterocycles. The van der Waals surface area contributed by atoms with Gasteiger partial charge in [-0.3, -0.25) is 19.3 Å². The van der Waals surface area contributed by atoms with Crippen molar-refractivity contribution in [3.8, 4) is 12.3 Å². The minimum Gasteiger partial charge on any atom is -0.478 e. The molecule has 29 heavy (non-hydrogen) atoms. The highest BCUT2D eigenvalue weighted by molar-refractivity contribution is 7.10. The minimum absolute atomic E-state index is 0.0151. The quantitative estimate of drug-likeness (QED) is 0.503. The summed E-state index contributed by atoms with van der Waals surface area (Å²) in [6, 6.07) is 7.59. The first-order valence-electron chi connectivity index (χ1n) is 8.49.